The molecule has 112 valence electrons. The fourth-order valence-corrected chi connectivity index (χ4v) is 2.24. The second-order valence-corrected chi connectivity index (χ2v) is 5.97. The monoisotopic (exact) mass is 354 g/mol. The lowest BCUT2D eigenvalue weighted by Crippen LogP contribution is -2.40. The number of carbonyl (C=O) groups is 3. The van der Waals surface area contributed by atoms with Crippen molar-refractivity contribution in [1.29, 1.82) is 0 Å². The van der Waals surface area contributed by atoms with Crippen molar-refractivity contribution in [2.75, 3.05) is 13.1 Å². The molecule has 0 aromatic heterocycles. The summed E-state index contributed by atoms with van der Waals surface area (Å²) in [5.41, 5.74) is -0.356. The number of aliphatic carboxylic acids is 1. The van der Waals surface area contributed by atoms with E-state index in [2.05, 4.69) is 26.6 Å². The molecule has 1 fully saturated rings. The SMILES string of the molecule is O=C(CNC(=O)c1cccc(Br)c1)NCC1(C(=O)O)CC1. The van der Waals surface area contributed by atoms with Crippen molar-refractivity contribution in [1.82, 2.24) is 10.6 Å². The molecular formula is C14H15BrN2O4. The number of carbonyl (C=O) groups excluding carboxylic acids is 2. The highest BCUT2D eigenvalue weighted by molar-refractivity contribution is 9.10. The van der Waals surface area contributed by atoms with Crippen LogP contribution in [0.1, 0.15) is 23.2 Å². The Labute approximate surface area is 130 Å². The Morgan fingerprint density at radius 1 is 1.24 bits per heavy atom. The molecule has 1 aromatic carbocycles. The Kier molecular flexibility index (Phi) is 4.62. The predicted octanol–water partition coefficient (Wildman–Crippen LogP) is 1.16. The van der Waals surface area contributed by atoms with Gasteiger partial charge in [-0.25, -0.2) is 0 Å². The van der Waals surface area contributed by atoms with E-state index in [1.54, 1.807) is 24.3 Å². The van der Waals surface area contributed by atoms with Crippen LogP contribution in [0, 0.1) is 5.41 Å². The van der Waals surface area contributed by atoms with E-state index in [1.807, 2.05) is 0 Å². The van der Waals surface area contributed by atoms with Gasteiger partial charge in [0.05, 0.1) is 12.0 Å². The smallest absolute Gasteiger partial charge is 0.311 e. The summed E-state index contributed by atoms with van der Waals surface area (Å²) in [6, 6.07) is 6.81. The molecule has 0 radical (unpaired) electrons. The van der Waals surface area contributed by atoms with Crippen LogP contribution >= 0.6 is 15.9 Å². The Morgan fingerprint density at radius 2 is 1.95 bits per heavy atom. The first kappa shape index (κ1) is 15.5. The van der Waals surface area contributed by atoms with E-state index in [4.69, 9.17) is 5.11 Å². The Bertz CT molecular complexity index is 584. The molecule has 0 unspecified atom stereocenters. The molecule has 0 bridgehead atoms. The molecule has 0 heterocycles. The van der Waals surface area contributed by atoms with Gasteiger partial charge < -0.3 is 15.7 Å². The van der Waals surface area contributed by atoms with E-state index in [0.29, 0.717) is 18.4 Å². The molecule has 21 heavy (non-hydrogen) atoms. The van der Waals surface area contributed by atoms with Gasteiger partial charge in [-0.05, 0) is 31.0 Å². The van der Waals surface area contributed by atoms with Gasteiger partial charge in [0.25, 0.3) is 5.91 Å². The summed E-state index contributed by atoms with van der Waals surface area (Å²) >= 11 is 3.26. The number of carboxylic acid groups (broad SMARTS) is 1. The number of hydrogen-bond acceptors (Lipinski definition) is 3. The van der Waals surface area contributed by atoms with Gasteiger partial charge in [0.2, 0.25) is 5.91 Å². The number of halogens is 1. The van der Waals surface area contributed by atoms with E-state index >= 15 is 0 Å². The summed E-state index contributed by atoms with van der Waals surface area (Å²) in [5.74, 6) is -1.64. The van der Waals surface area contributed by atoms with Gasteiger partial charge in [0.15, 0.2) is 0 Å². The maximum atomic E-state index is 11.8. The number of rotatable bonds is 6. The van der Waals surface area contributed by atoms with Crippen LogP contribution in [-0.4, -0.2) is 36.0 Å². The zero-order valence-corrected chi connectivity index (χ0v) is 12.8. The van der Waals surface area contributed by atoms with Crippen LogP contribution in [0.5, 0.6) is 0 Å². The molecule has 6 nitrogen and oxygen atoms in total. The van der Waals surface area contributed by atoms with Crippen molar-refractivity contribution in [3.63, 3.8) is 0 Å². The summed E-state index contributed by atoms with van der Waals surface area (Å²) in [6.07, 6.45) is 1.15. The molecule has 1 aromatic rings. The van der Waals surface area contributed by atoms with Gasteiger partial charge in [-0.15, -0.1) is 0 Å². The summed E-state index contributed by atoms with van der Waals surface area (Å²) in [5, 5.41) is 14.0. The molecule has 7 heteroatoms. The maximum Gasteiger partial charge on any atom is 0.311 e. The first-order valence-corrected chi connectivity index (χ1v) is 7.26. The van der Waals surface area contributed by atoms with E-state index in [0.717, 1.165) is 4.47 Å². The summed E-state index contributed by atoms with van der Waals surface area (Å²) in [6.45, 7) is -0.0744. The van der Waals surface area contributed by atoms with Gasteiger partial charge in [0, 0.05) is 16.6 Å². The predicted molar refractivity (Wildman–Crippen MR) is 78.8 cm³/mol. The average molecular weight is 355 g/mol. The van der Waals surface area contributed by atoms with Crippen LogP contribution in [0.4, 0.5) is 0 Å². The van der Waals surface area contributed by atoms with Crippen molar-refractivity contribution in [2.45, 2.75) is 12.8 Å². The maximum absolute atomic E-state index is 11.8. The van der Waals surface area contributed by atoms with Crippen molar-refractivity contribution in [2.24, 2.45) is 5.41 Å². The third-order valence-corrected chi connectivity index (χ3v) is 3.92. The molecule has 3 N–H and O–H groups in total. The molecule has 2 amide bonds. The van der Waals surface area contributed by atoms with E-state index in [9.17, 15) is 14.4 Å². The van der Waals surface area contributed by atoms with Gasteiger partial charge in [-0.1, -0.05) is 22.0 Å². The Morgan fingerprint density at radius 3 is 2.52 bits per heavy atom. The van der Waals surface area contributed by atoms with Crippen LogP contribution in [-0.2, 0) is 9.59 Å². The summed E-state index contributed by atoms with van der Waals surface area (Å²) < 4.78 is 0.775. The molecule has 1 aliphatic rings. The number of hydrogen-bond donors (Lipinski definition) is 3. The van der Waals surface area contributed by atoms with Crippen molar-refractivity contribution >= 4 is 33.7 Å². The zero-order chi connectivity index (χ0) is 15.5. The number of amides is 2. The van der Waals surface area contributed by atoms with Crippen LogP contribution in [0.15, 0.2) is 28.7 Å². The van der Waals surface area contributed by atoms with Gasteiger partial charge >= 0.3 is 5.97 Å². The quantitative estimate of drug-likeness (QED) is 0.714. The molecular weight excluding hydrogens is 340 g/mol. The van der Waals surface area contributed by atoms with Crippen molar-refractivity contribution < 1.29 is 19.5 Å². The fourth-order valence-electron chi connectivity index (χ4n) is 1.84. The van der Waals surface area contributed by atoms with Crippen LogP contribution in [0.25, 0.3) is 0 Å². The average Bonchev–Trinajstić information content (AvgIpc) is 3.24. The Balaban J connectivity index is 1.76. The molecule has 0 spiro atoms. The first-order chi connectivity index (χ1) is 9.93. The summed E-state index contributed by atoms with van der Waals surface area (Å²) in [7, 11) is 0. The minimum atomic E-state index is -0.888. The number of nitrogens with one attached hydrogen (secondary N) is 2. The van der Waals surface area contributed by atoms with Crippen molar-refractivity contribution in [3.8, 4) is 0 Å². The molecule has 2 rings (SSSR count). The van der Waals surface area contributed by atoms with Crippen LogP contribution in [0.3, 0.4) is 0 Å². The van der Waals surface area contributed by atoms with Gasteiger partial charge in [0.1, 0.15) is 0 Å². The van der Waals surface area contributed by atoms with E-state index < -0.39 is 17.3 Å². The lowest BCUT2D eigenvalue weighted by atomic mass is 10.1. The molecule has 0 atom stereocenters. The number of benzene rings is 1. The third-order valence-electron chi connectivity index (χ3n) is 3.43. The largest absolute Gasteiger partial charge is 0.481 e. The zero-order valence-electron chi connectivity index (χ0n) is 11.2. The van der Waals surface area contributed by atoms with E-state index in [1.165, 1.54) is 0 Å². The highest BCUT2D eigenvalue weighted by Gasteiger charge is 2.50. The summed E-state index contributed by atoms with van der Waals surface area (Å²) in [4.78, 5) is 34.4. The third kappa shape index (κ3) is 4.04. The second kappa shape index (κ2) is 6.26. The molecule has 1 saturated carbocycles. The highest BCUT2D eigenvalue weighted by Crippen LogP contribution is 2.45. The first-order valence-electron chi connectivity index (χ1n) is 6.47. The van der Waals surface area contributed by atoms with Crippen LogP contribution < -0.4 is 10.6 Å². The standard InChI is InChI=1S/C14H15BrN2O4/c15-10-3-1-2-9(6-10)12(19)16-7-11(18)17-8-14(4-5-14)13(20)21/h1-3,6H,4-5,7-8H2,(H,16,19)(H,17,18)(H,20,21). The minimum absolute atomic E-state index is 0.105. The lowest BCUT2D eigenvalue weighted by Gasteiger charge is -2.11. The molecule has 0 saturated heterocycles. The highest BCUT2D eigenvalue weighted by atomic mass is 79.9. The van der Waals surface area contributed by atoms with Crippen molar-refractivity contribution in [3.05, 3.63) is 34.3 Å². The molecule has 0 aliphatic heterocycles. The minimum Gasteiger partial charge on any atom is -0.481 e. The second-order valence-electron chi connectivity index (χ2n) is 5.06. The topological polar surface area (TPSA) is 95.5 Å². The molecule has 1 aliphatic carbocycles. The fraction of sp³-hybridized carbons (Fsp3) is 0.357. The normalized spacial score (nSPS) is 15.1. The Hall–Kier alpha value is -1.89. The number of carboxylic acids is 1. The van der Waals surface area contributed by atoms with Gasteiger partial charge in [-0.2, -0.15) is 0 Å². The van der Waals surface area contributed by atoms with Gasteiger partial charge in [-0.3, -0.25) is 14.4 Å². The lowest BCUT2D eigenvalue weighted by molar-refractivity contribution is -0.143. The van der Waals surface area contributed by atoms with Crippen LogP contribution in [0.2, 0.25) is 0 Å². The van der Waals surface area contributed by atoms with E-state index in [-0.39, 0.29) is 19.0 Å².